The summed E-state index contributed by atoms with van der Waals surface area (Å²) in [6, 6.07) is -0.894. The first kappa shape index (κ1) is 44.0. The van der Waals surface area contributed by atoms with Crippen molar-refractivity contribution < 1.29 is 32.9 Å². The molecular formula is C36H71N2O6P. The summed E-state index contributed by atoms with van der Waals surface area (Å²) >= 11 is 0. The third-order valence-electron chi connectivity index (χ3n) is 7.91. The van der Waals surface area contributed by atoms with Crippen LogP contribution in [0.5, 0.6) is 0 Å². The number of likely N-dealkylation sites (N-methyl/N-ethyl adjacent to an activating group) is 1. The lowest BCUT2D eigenvalue weighted by atomic mass is 10.1. The van der Waals surface area contributed by atoms with Crippen LogP contribution in [0.2, 0.25) is 0 Å². The monoisotopic (exact) mass is 659 g/mol. The fourth-order valence-corrected chi connectivity index (χ4v) is 5.65. The number of amides is 1. The molecule has 0 fully saturated rings. The zero-order valence-corrected chi connectivity index (χ0v) is 30.7. The van der Waals surface area contributed by atoms with Crippen molar-refractivity contribution in [1.82, 2.24) is 5.32 Å². The normalized spacial score (nSPS) is 15.1. The molecular weight excluding hydrogens is 587 g/mol. The van der Waals surface area contributed by atoms with Gasteiger partial charge in [0.15, 0.2) is 0 Å². The minimum absolute atomic E-state index is 0.00498. The molecule has 0 bridgehead atoms. The predicted molar refractivity (Wildman–Crippen MR) is 187 cm³/mol. The third kappa shape index (κ3) is 31.4. The molecule has 0 aromatic carbocycles. The number of quaternary nitrogens is 1. The van der Waals surface area contributed by atoms with Gasteiger partial charge in [-0.2, -0.15) is 0 Å². The van der Waals surface area contributed by atoms with E-state index in [-0.39, 0.29) is 12.5 Å². The van der Waals surface area contributed by atoms with E-state index < -0.39 is 26.6 Å². The first-order valence-corrected chi connectivity index (χ1v) is 19.7. The van der Waals surface area contributed by atoms with E-state index in [9.17, 15) is 19.4 Å². The SMILES string of the molecule is CCCCCCCCC/C=C/CC/C=C/C(O)C(COP(=O)([O-])OCC[N+](C)(C)C)NC(=O)CCCCCCCCCCCC. The van der Waals surface area contributed by atoms with Crippen molar-refractivity contribution in [2.75, 3.05) is 40.9 Å². The predicted octanol–water partition coefficient (Wildman–Crippen LogP) is 8.38. The number of allylic oxidation sites excluding steroid dienone is 3. The van der Waals surface area contributed by atoms with Crippen molar-refractivity contribution in [3.63, 3.8) is 0 Å². The Morgan fingerprint density at radius 1 is 0.756 bits per heavy atom. The number of hydrogen-bond acceptors (Lipinski definition) is 6. The van der Waals surface area contributed by atoms with Crippen molar-refractivity contribution >= 4 is 13.7 Å². The third-order valence-corrected chi connectivity index (χ3v) is 8.88. The summed E-state index contributed by atoms with van der Waals surface area (Å²) in [6.07, 6.45) is 30.8. The maximum atomic E-state index is 12.7. The van der Waals surface area contributed by atoms with Gasteiger partial charge in [-0.3, -0.25) is 9.36 Å². The van der Waals surface area contributed by atoms with E-state index in [1.165, 1.54) is 89.9 Å². The zero-order chi connectivity index (χ0) is 33.7. The fraction of sp³-hybridized carbons (Fsp3) is 0.861. The van der Waals surface area contributed by atoms with Gasteiger partial charge in [-0.1, -0.05) is 134 Å². The molecule has 8 nitrogen and oxygen atoms in total. The topological polar surface area (TPSA) is 108 Å². The summed E-state index contributed by atoms with van der Waals surface area (Å²) in [7, 11) is 1.24. The first-order valence-electron chi connectivity index (χ1n) is 18.2. The average Bonchev–Trinajstić information content (AvgIpc) is 2.97. The molecule has 0 saturated carbocycles. The summed E-state index contributed by atoms with van der Waals surface area (Å²) < 4.78 is 23.0. The van der Waals surface area contributed by atoms with Gasteiger partial charge in [-0.25, -0.2) is 0 Å². The van der Waals surface area contributed by atoms with E-state index in [1.807, 2.05) is 27.2 Å². The lowest BCUT2D eigenvalue weighted by Crippen LogP contribution is -2.45. The number of carbonyl (C=O) groups excluding carboxylic acids is 1. The highest BCUT2D eigenvalue weighted by Crippen LogP contribution is 2.38. The zero-order valence-electron chi connectivity index (χ0n) is 29.8. The van der Waals surface area contributed by atoms with Crippen LogP contribution >= 0.6 is 7.82 Å². The fourth-order valence-electron chi connectivity index (χ4n) is 4.93. The number of hydrogen-bond donors (Lipinski definition) is 2. The lowest BCUT2D eigenvalue weighted by Gasteiger charge is -2.29. The second-order valence-electron chi connectivity index (χ2n) is 13.6. The average molecular weight is 659 g/mol. The van der Waals surface area contributed by atoms with E-state index in [2.05, 4.69) is 31.3 Å². The van der Waals surface area contributed by atoms with Gasteiger partial charge in [0.1, 0.15) is 13.2 Å². The molecule has 2 N–H and O–H groups in total. The Balaban J connectivity index is 4.64. The van der Waals surface area contributed by atoms with Crippen molar-refractivity contribution in [3.05, 3.63) is 24.3 Å². The van der Waals surface area contributed by atoms with Crippen LogP contribution in [0.25, 0.3) is 0 Å². The second kappa shape index (κ2) is 29.1. The molecule has 0 saturated heterocycles. The van der Waals surface area contributed by atoms with Crippen LogP contribution in [0.1, 0.15) is 149 Å². The molecule has 0 aliphatic rings. The number of nitrogens with zero attached hydrogens (tertiary/aromatic N) is 1. The Labute approximate surface area is 277 Å². The van der Waals surface area contributed by atoms with E-state index >= 15 is 0 Å². The minimum Gasteiger partial charge on any atom is -0.756 e. The van der Waals surface area contributed by atoms with E-state index in [1.54, 1.807) is 6.08 Å². The summed E-state index contributed by atoms with van der Waals surface area (Å²) in [5.41, 5.74) is 0. The number of phosphoric ester groups is 1. The number of carbonyl (C=O) groups is 1. The van der Waals surface area contributed by atoms with E-state index in [0.717, 1.165) is 38.5 Å². The number of nitrogens with one attached hydrogen (secondary N) is 1. The van der Waals surface area contributed by atoms with Crippen molar-refractivity contribution in [2.45, 2.75) is 161 Å². The Morgan fingerprint density at radius 3 is 1.80 bits per heavy atom. The van der Waals surface area contributed by atoms with Gasteiger partial charge in [0.25, 0.3) is 7.82 Å². The smallest absolute Gasteiger partial charge is 0.268 e. The van der Waals surface area contributed by atoms with Crippen LogP contribution in [0.15, 0.2) is 24.3 Å². The number of aliphatic hydroxyl groups is 1. The standard InChI is InChI=1S/C36H71N2O6P/c1-6-8-10-12-14-16-18-19-20-21-23-25-27-29-35(39)34(33-44-45(41,42)43-32-31-38(3,4)5)37-36(40)30-28-26-24-22-17-15-13-11-9-7-2/h20-21,27,29,34-35,39H,6-19,22-26,28,30-33H2,1-5H3,(H-,37,40,41,42)/b21-20+,29-27+. The molecule has 0 aromatic rings. The Morgan fingerprint density at radius 2 is 1.24 bits per heavy atom. The van der Waals surface area contributed by atoms with Gasteiger partial charge in [0, 0.05) is 6.42 Å². The van der Waals surface area contributed by atoms with Gasteiger partial charge in [0.2, 0.25) is 5.91 Å². The Kier molecular flexibility index (Phi) is 28.5. The van der Waals surface area contributed by atoms with Gasteiger partial charge in [0.05, 0.1) is 39.9 Å². The number of rotatable bonds is 32. The van der Waals surface area contributed by atoms with E-state index in [0.29, 0.717) is 17.4 Å². The van der Waals surface area contributed by atoms with Crippen molar-refractivity contribution in [1.29, 1.82) is 0 Å². The Bertz CT molecular complexity index is 799. The molecule has 0 radical (unpaired) electrons. The highest BCUT2D eigenvalue weighted by atomic mass is 31.2. The second-order valence-corrected chi connectivity index (χ2v) is 15.0. The molecule has 3 atom stereocenters. The Hall–Kier alpha value is -1.02. The minimum atomic E-state index is -4.58. The molecule has 0 spiro atoms. The maximum absolute atomic E-state index is 12.7. The van der Waals surface area contributed by atoms with Crippen LogP contribution in [0.4, 0.5) is 0 Å². The maximum Gasteiger partial charge on any atom is 0.268 e. The highest BCUT2D eigenvalue weighted by Gasteiger charge is 2.23. The molecule has 266 valence electrons. The summed E-state index contributed by atoms with van der Waals surface area (Å²) in [5, 5.41) is 13.6. The number of phosphoric acid groups is 1. The van der Waals surface area contributed by atoms with Gasteiger partial charge in [-0.05, 0) is 32.1 Å². The molecule has 0 aliphatic heterocycles. The van der Waals surface area contributed by atoms with Crippen molar-refractivity contribution in [3.8, 4) is 0 Å². The molecule has 0 rings (SSSR count). The summed E-state index contributed by atoms with van der Waals surface area (Å²) in [4.78, 5) is 25.0. The molecule has 9 heteroatoms. The molecule has 1 amide bonds. The van der Waals surface area contributed by atoms with Crippen LogP contribution in [-0.2, 0) is 18.4 Å². The summed E-state index contributed by atoms with van der Waals surface area (Å²) in [5.74, 6) is -0.212. The molecule has 0 heterocycles. The van der Waals surface area contributed by atoms with Crippen LogP contribution < -0.4 is 10.2 Å². The van der Waals surface area contributed by atoms with Gasteiger partial charge < -0.3 is 28.8 Å². The molecule has 0 aromatic heterocycles. The van der Waals surface area contributed by atoms with Crippen LogP contribution in [0.3, 0.4) is 0 Å². The molecule has 3 unspecified atom stereocenters. The molecule has 45 heavy (non-hydrogen) atoms. The largest absolute Gasteiger partial charge is 0.756 e. The van der Waals surface area contributed by atoms with Crippen LogP contribution in [-0.4, -0.2) is 68.5 Å². The van der Waals surface area contributed by atoms with E-state index in [4.69, 9.17) is 9.05 Å². The highest BCUT2D eigenvalue weighted by molar-refractivity contribution is 7.45. The number of unbranched alkanes of at least 4 members (excludes halogenated alkanes) is 17. The van der Waals surface area contributed by atoms with Crippen LogP contribution in [0, 0.1) is 0 Å². The van der Waals surface area contributed by atoms with Gasteiger partial charge >= 0.3 is 0 Å². The summed E-state index contributed by atoms with van der Waals surface area (Å²) in [6.45, 7) is 4.57. The molecule has 0 aliphatic carbocycles. The first-order chi connectivity index (χ1) is 21.5. The number of aliphatic hydroxyl groups excluding tert-OH is 1. The van der Waals surface area contributed by atoms with Gasteiger partial charge in [-0.15, -0.1) is 0 Å². The van der Waals surface area contributed by atoms with Crippen molar-refractivity contribution in [2.24, 2.45) is 0 Å². The quantitative estimate of drug-likeness (QED) is 0.0325. The lowest BCUT2D eigenvalue weighted by molar-refractivity contribution is -0.870.